The first-order chi connectivity index (χ1) is 63.4. The summed E-state index contributed by atoms with van der Waals surface area (Å²) in [6.45, 7) is 0. The summed E-state index contributed by atoms with van der Waals surface area (Å²) in [7, 11) is 0. The zero-order chi connectivity index (χ0) is 84.3. The predicted molar refractivity (Wildman–Crippen MR) is 549 cm³/mol. The lowest BCUT2D eigenvalue weighted by Crippen LogP contribution is -2.11. The molecule has 2 heteroatoms. The molecule has 0 amide bonds. The van der Waals surface area contributed by atoms with Gasteiger partial charge >= 0.3 is 0 Å². The predicted octanol–water partition coefficient (Wildman–Crippen LogP) is 37.2. The lowest BCUT2D eigenvalue weighted by molar-refractivity contribution is 0.443. The van der Waals surface area contributed by atoms with Crippen molar-refractivity contribution in [2.75, 3.05) is 9.80 Å². The molecule has 0 aliphatic heterocycles. The fourth-order valence-corrected chi connectivity index (χ4v) is 24.4. The van der Waals surface area contributed by atoms with Crippen LogP contribution in [-0.4, -0.2) is 0 Å². The molecule has 0 atom stereocenters. The molecular formula is C126H104N2. The topological polar surface area (TPSA) is 6.48 Å². The minimum absolute atomic E-state index is 0.609. The van der Waals surface area contributed by atoms with E-state index in [1.807, 2.05) is 0 Å². The minimum Gasteiger partial charge on any atom is -0.310 e. The maximum absolute atomic E-state index is 2.63. The quantitative estimate of drug-likeness (QED) is 0.0703. The van der Waals surface area contributed by atoms with Crippen LogP contribution in [0.25, 0.3) is 174 Å². The third kappa shape index (κ3) is 13.6. The van der Waals surface area contributed by atoms with E-state index in [1.165, 1.54) is 325 Å². The van der Waals surface area contributed by atoms with Gasteiger partial charge in [-0.05, 0) is 357 Å². The van der Waals surface area contributed by atoms with Gasteiger partial charge in [0, 0.05) is 34.1 Å². The van der Waals surface area contributed by atoms with Crippen molar-refractivity contribution in [3.63, 3.8) is 0 Å². The summed E-state index contributed by atoms with van der Waals surface area (Å²) in [6, 6.07) is 144. The summed E-state index contributed by atoms with van der Waals surface area (Å²) < 4.78 is 0. The lowest BCUT2D eigenvalue weighted by Gasteiger charge is -2.30. The smallest absolute Gasteiger partial charge is 0.0474 e. The van der Waals surface area contributed by atoms with Gasteiger partial charge in [-0.15, -0.1) is 0 Å². The molecule has 618 valence electrons. The van der Waals surface area contributed by atoms with E-state index >= 15 is 0 Å². The molecule has 21 aromatic rings. The second kappa shape index (κ2) is 32.3. The molecule has 128 heavy (non-hydrogen) atoms. The number of anilines is 6. The summed E-state index contributed by atoms with van der Waals surface area (Å²) in [5.41, 5.74) is 27.0. The van der Waals surface area contributed by atoms with Gasteiger partial charge in [-0.25, -0.2) is 0 Å². The van der Waals surface area contributed by atoms with Crippen LogP contribution in [0.2, 0.25) is 0 Å². The Hall–Kier alpha value is -13.7. The van der Waals surface area contributed by atoms with E-state index in [-0.39, 0.29) is 0 Å². The first-order valence-electron chi connectivity index (χ1n) is 48.1. The van der Waals surface area contributed by atoms with Crippen molar-refractivity contribution in [3.8, 4) is 66.8 Å². The SMILES string of the molecule is c1ccc(-c2c3ccc(N(c4cc(-c5ccc(C6CCCCC6)cc5)cc(-c5ccc(C6CCCCC6)cc5)c4)c4cc5cccc6c7cccc8cccc(c(c4)c56)c87)cc3c(-c3ccccc3)c3ccc(N(c4cc(-c5ccc(C6CCCCC6)cc5)cc(-c5ccc(C6CCCCC6)cc5)c4)c4cc5cccc6c7cccc8cccc(c(c4)c56)c87)cc23)cc1. The van der Waals surface area contributed by atoms with E-state index in [0.29, 0.717) is 23.7 Å². The van der Waals surface area contributed by atoms with Crippen molar-refractivity contribution in [2.24, 2.45) is 0 Å². The molecule has 2 nitrogen and oxygen atoms in total. The van der Waals surface area contributed by atoms with Crippen LogP contribution in [0.4, 0.5) is 34.1 Å². The molecule has 0 spiro atoms. The monoisotopic (exact) mass is 1640 g/mol. The Labute approximate surface area is 751 Å². The number of benzene rings is 21. The van der Waals surface area contributed by atoms with Gasteiger partial charge in [0.2, 0.25) is 0 Å². The van der Waals surface area contributed by atoms with E-state index < -0.39 is 0 Å². The molecule has 25 rings (SSSR count). The number of rotatable bonds is 16. The molecule has 0 heterocycles. The molecule has 0 saturated heterocycles. The Kier molecular flexibility index (Phi) is 19.4. The standard InChI is InChI=1S/C126H104N2/c1-7-25-81(26-8-1)85-49-57-89(58-50-85)99-69-100(90-59-51-86(52-60-90)82-27-9-2-10-28-82)74-105(73-99)127(107-71-97-41-23-45-111-109-43-19-37-95-39-21-47-113(121(95)109)119(79-107)125(97)111)103-65-67-115-117(77-103)123(93-33-15-5-16-34-93)116-68-66-104(78-118(116)124(115)94-35-17-6-18-36-94)128(108-72-98-42-24-46-112-110-44-20-38-96-40-22-48-114(122(96)110)120(80-108)126(98)112)106-75-101(91-61-53-87(54-62-91)83-29-11-3-12-30-83)70-102(76-106)92-63-55-88(56-64-92)84-31-13-4-14-32-84/h5-6,15-24,33-84H,1-4,7-14,25-32H2. The largest absolute Gasteiger partial charge is 0.310 e. The molecule has 0 radical (unpaired) electrons. The number of hydrogen-bond acceptors (Lipinski definition) is 2. The van der Waals surface area contributed by atoms with Gasteiger partial charge < -0.3 is 9.80 Å². The number of fused-ring (bicyclic) bond motifs is 6. The van der Waals surface area contributed by atoms with Gasteiger partial charge in [-0.3, -0.25) is 0 Å². The zero-order valence-corrected chi connectivity index (χ0v) is 73.0. The fourth-order valence-electron chi connectivity index (χ4n) is 24.4. The van der Waals surface area contributed by atoms with Crippen molar-refractivity contribution in [1.29, 1.82) is 0 Å². The molecule has 4 aliphatic carbocycles. The van der Waals surface area contributed by atoms with Crippen LogP contribution in [0.1, 0.15) is 174 Å². The van der Waals surface area contributed by atoms with Gasteiger partial charge in [0.25, 0.3) is 0 Å². The normalized spacial score (nSPS) is 15.4. The van der Waals surface area contributed by atoms with E-state index in [1.54, 1.807) is 0 Å². The molecule has 4 aliphatic rings. The highest BCUT2D eigenvalue weighted by atomic mass is 15.1. The van der Waals surface area contributed by atoms with Crippen molar-refractivity contribution < 1.29 is 0 Å². The molecule has 21 aromatic carbocycles. The number of nitrogens with zero attached hydrogens (tertiary/aromatic N) is 2. The van der Waals surface area contributed by atoms with Crippen LogP contribution in [0, 0.1) is 0 Å². The Bertz CT molecular complexity index is 7160. The highest BCUT2D eigenvalue weighted by Crippen LogP contribution is 2.54. The Morgan fingerprint density at radius 2 is 0.406 bits per heavy atom. The second-order valence-electron chi connectivity index (χ2n) is 38.2. The summed E-state index contributed by atoms with van der Waals surface area (Å²) in [4.78, 5) is 5.25. The molecule has 0 aromatic heterocycles. The molecule has 0 N–H and O–H groups in total. The van der Waals surface area contributed by atoms with Crippen LogP contribution in [0.15, 0.2) is 364 Å². The average Bonchev–Trinajstić information content (AvgIpc) is 0.754. The fraction of sp³-hybridized carbons (Fsp3) is 0.190. The van der Waals surface area contributed by atoms with Gasteiger partial charge in [0.05, 0.1) is 0 Å². The first kappa shape index (κ1) is 76.7. The lowest BCUT2D eigenvalue weighted by atomic mass is 9.83. The van der Waals surface area contributed by atoms with Gasteiger partial charge in [0.1, 0.15) is 0 Å². The molecule has 4 saturated carbocycles. The molecular weight excluding hydrogens is 1540 g/mol. The van der Waals surface area contributed by atoms with Crippen LogP contribution in [-0.2, 0) is 0 Å². The first-order valence-corrected chi connectivity index (χ1v) is 48.1. The van der Waals surface area contributed by atoms with Crippen LogP contribution >= 0.6 is 0 Å². The van der Waals surface area contributed by atoms with Crippen LogP contribution in [0.5, 0.6) is 0 Å². The van der Waals surface area contributed by atoms with Gasteiger partial charge in [-0.2, -0.15) is 0 Å². The van der Waals surface area contributed by atoms with Crippen LogP contribution in [0.3, 0.4) is 0 Å². The van der Waals surface area contributed by atoms with Crippen molar-refractivity contribution >= 4 is 142 Å². The van der Waals surface area contributed by atoms with Gasteiger partial charge in [0.15, 0.2) is 0 Å². The molecule has 4 fully saturated rings. The average molecular weight is 1650 g/mol. The summed E-state index contributed by atoms with van der Waals surface area (Å²) in [5.74, 6) is 2.44. The minimum atomic E-state index is 0.609. The summed E-state index contributed by atoms with van der Waals surface area (Å²) in [6.07, 6.45) is 26.0. The second-order valence-corrected chi connectivity index (χ2v) is 38.2. The van der Waals surface area contributed by atoms with E-state index in [0.717, 1.165) is 34.1 Å². The van der Waals surface area contributed by atoms with Crippen molar-refractivity contribution in [3.05, 3.63) is 386 Å². The zero-order valence-electron chi connectivity index (χ0n) is 73.0. The highest BCUT2D eigenvalue weighted by Gasteiger charge is 2.29. The van der Waals surface area contributed by atoms with Gasteiger partial charge in [-0.1, -0.05) is 356 Å². The Morgan fingerprint density at radius 3 is 0.703 bits per heavy atom. The molecule has 0 unspecified atom stereocenters. The summed E-state index contributed by atoms with van der Waals surface area (Å²) in [5, 5.41) is 25.2. The van der Waals surface area contributed by atoms with Crippen molar-refractivity contribution in [1.82, 2.24) is 0 Å². The van der Waals surface area contributed by atoms with E-state index in [2.05, 4.69) is 374 Å². The third-order valence-electron chi connectivity index (χ3n) is 30.8. The Morgan fingerprint density at radius 1 is 0.148 bits per heavy atom. The van der Waals surface area contributed by atoms with Crippen molar-refractivity contribution in [2.45, 2.75) is 152 Å². The molecule has 0 bridgehead atoms. The number of hydrogen-bond donors (Lipinski definition) is 0. The third-order valence-corrected chi connectivity index (χ3v) is 30.8. The summed E-state index contributed by atoms with van der Waals surface area (Å²) >= 11 is 0. The maximum Gasteiger partial charge on any atom is 0.0474 e. The van der Waals surface area contributed by atoms with E-state index in [4.69, 9.17) is 0 Å². The van der Waals surface area contributed by atoms with E-state index in [9.17, 15) is 0 Å². The van der Waals surface area contributed by atoms with Crippen LogP contribution < -0.4 is 9.80 Å². The highest BCUT2D eigenvalue weighted by molar-refractivity contribution is 6.35. The Balaban J connectivity index is 0.741. The maximum atomic E-state index is 2.63.